The molecule has 0 saturated heterocycles. The van der Waals surface area contributed by atoms with E-state index in [-0.39, 0.29) is 5.56 Å². The highest BCUT2D eigenvalue weighted by atomic mass is 16.5. The molecule has 4 aromatic carbocycles. The number of aromatic nitrogens is 4. The molecule has 0 spiro atoms. The number of rotatable bonds is 5. The minimum absolute atomic E-state index is 0.194. The number of fused-ring (bicyclic) bond motifs is 3. The normalized spacial score (nSPS) is 12.5. The second-order valence-corrected chi connectivity index (χ2v) is 10.3. The van der Waals surface area contributed by atoms with E-state index in [1.807, 2.05) is 76.2 Å². The van der Waals surface area contributed by atoms with Crippen molar-refractivity contribution in [1.29, 1.82) is 5.26 Å². The Morgan fingerprint density at radius 3 is 2.50 bits per heavy atom. The van der Waals surface area contributed by atoms with E-state index < -0.39 is 6.85 Å². The van der Waals surface area contributed by atoms with Gasteiger partial charge in [-0.05, 0) is 97.6 Å². The van der Waals surface area contributed by atoms with Crippen molar-refractivity contribution >= 4 is 21.8 Å². The number of nitriles is 1. The summed E-state index contributed by atoms with van der Waals surface area (Å²) in [6.45, 7) is 1.93. The molecule has 0 atom stereocenters. The van der Waals surface area contributed by atoms with Gasteiger partial charge in [0.2, 0.25) is 0 Å². The third kappa shape index (κ3) is 4.38. The third-order valence-corrected chi connectivity index (χ3v) is 7.51. The van der Waals surface area contributed by atoms with Crippen molar-refractivity contribution in [3.63, 3.8) is 0 Å². The van der Waals surface area contributed by atoms with Gasteiger partial charge in [0.15, 0.2) is 0 Å². The predicted molar refractivity (Wildman–Crippen MR) is 167 cm³/mol. The zero-order chi connectivity index (χ0) is 31.3. The van der Waals surface area contributed by atoms with Crippen LogP contribution in [0.3, 0.4) is 0 Å². The second-order valence-electron chi connectivity index (χ2n) is 10.3. The van der Waals surface area contributed by atoms with E-state index in [0.717, 1.165) is 33.1 Å². The third-order valence-electron chi connectivity index (χ3n) is 7.51. The van der Waals surface area contributed by atoms with E-state index in [0.29, 0.717) is 22.9 Å². The highest BCUT2D eigenvalue weighted by Crippen LogP contribution is 2.36. The fourth-order valence-corrected chi connectivity index (χ4v) is 5.61. The molecule has 0 aliphatic rings. The average molecular weight is 549 g/mol. The van der Waals surface area contributed by atoms with Crippen LogP contribution in [-0.4, -0.2) is 19.3 Å². The summed E-state index contributed by atoms with van der Waals surface area (Å²) in [7, 11) is 0. The number of nitrogens with zero attached hydrogens (tertiary/aromatic N) is 5. The second kappa shape index (κ2) is 10.1. The van der Waals surface area contributed by atoms with Crippen LogP contribution < -0.4 is 4.74 Å². The summed E-state index contributed by atoms with van der Waals surface area (Å²) < 4.78 is 33.8. The highest BCUT2D eigenvalue weighted by Gasteiger charge is 2.16. The van der Waals surface area contributed by atoms with Gasteiger partial charge in [0.1, 0.15) is 17.3 Å². The zero-order valence-electron chi connectivity index (χ0n) is 26.0. The van der Waals surface area contributed by atoms with Crippen molar-refractivity contribution in [1.82, 2.24) is 19.3 Å². The van der Waals surface area contributed by atoms with Gasteiger partial charge in [-0.3, -0.25) is 4.57 Å². The summed E-state index contributed by atoms with van der Waals surface area (Å²) in [5, 5.41) is 15.9. The van der Waals surface area contributed by atoms with Gasteiger partial charge < -0.3 is 4.74 Å². The highest BCUT2D eigenvalue weighted by molar-refractivity contribution is 6.09. The Labute approximate surface area is 247 Å². The Morgan fingerprint density at radius 1 is 0.833 bits per heavy atom. The summed E-state index contributed by atoms with van der Waals surface area (Å²) in [5.74, 6) is 1.69. The van der Waals surface area contributed by atoms with Crippen molar-refractivity contribution < 1.29 is 8.85 Å². The predicted octanol–water partition coefficient (Wildman–Crippen LogP) is 8.62. The van der Waals surface area contributed by atoms with Crippen LogP contribution in [0.5, 0.6) is 11.5 Å². The largest absolute Gasteiger partial charge is 0.457 e. The van der Waals surface area contributed by atoms with Gasteiger partial charge in [-0.15, -0.1) is 0 Å². The Bertz CT molecular complexity index is 2270. The van der Waals surface area contributed by atoms with Crippen LogP contribution in [0.2, 0.25) is 0 Å². The van der Waals surface area contributed by atoms with E-state index in [9.17, 15) is 5.26 Å². The molecule has 3 aromatic heterocycles. The Morgan fingerprint density at radius 2 is 1.67 bits per heavy atom. The summed E-state index contributed by atoms with van der Waals surface area (Å²) in [4.78, 5) is 4.53. The summed E-state index contributed by atoms with van der Waals surface area (Å²) in [5.41, 5.74) is 7.78. The fourth-order valence-electron chi connectivity index (χ4n) is 5.61. The van der Waals surface area contributed by atoms with Crippen LogP contribution in [0, 0.1) is 32.0 Å². The molecule has 42 heavy (non-hydrogen) atoms. The van der Waals surface area contributed by atoms with E-state index >= 15 is 0 Å². The minimum Gasteiger partial charge on any atom is -0.457 e. The molecule has 7 aromatic rings. The monoisotopic (exact) mass is 548 g/mol. The fraction of sp³-hybridized carbons (Fsp3) is 0.0833. The molecule has 6 heteroatoms. The van der Waals surface area contributed by atoms with Gasteiger partial charge in [0.05, 0.1) is 34.6 Å². The molecule has 0 aliphatic carbocycles. The maximum Gasteiger partial charge on any atom is 0.137 e. The maximum absolute atomic E-state index is 9.56. The lowest BCUT2D eigenvalue weighted by atomic mass is 9.98. The number of hydrogen-bond acceptors (Lipinski definition) is 4. The van der Waals surface area contributed by atoms with E-state index in [1.165, 1.54) is 29.0 Å². The lowest BCUT2D eigenvalue weighted by Crippen LogP contribution is -1.98. The first-order valence-electron chi connectivity index (χ1n) is 15.0. The summed E-state index contributed by atoms with van der Waals surface area (Å²) >= 11 is 0. The topological polar surface area (TPSA) is 68.7 Å². The quantitative estimate of drug-likeness (QED) is 0.216. The standard InChI is InChI=1S/C36H27N5O/c1-23-14-15-38-35(16-23)41-33-13-10-26(20-37)17-32(33)31-12-11-30(19-34(31)41)42-29-9-5-8-28(18-29)40-22-27(21-39-40)36-24(2)6-4-7-25(36)3/h4-19,21-22H,1-3H3/i1D3. The smallest absolute Gasteiger partial charge is 0.137 e. The van der Waals surface area contributed by atoms with E-state index in [4.69, 9.17) is 8.85 Å². The molecule has 6 nitrogen and oxygen atoms in total. The molecule has 0 saturated carbocycles. The molecule has 0 fully saturated rings. The van der Waals surface area contributed by atoms with Crippen molar-refractivity contribution in [3.8, 4) is 40.2 Å². The molecule has 7 rings (SSSR count). The van der Waals surface area contributed by atoms with Crippen LogP contribution in [0.15, 0.2) is 110 Å². The first kappa shape index (κ1) is 22.1. The van der Waals surface area contributed by atoms with Gasteiger partial charge in [-0.25, -0.2) is 9.67 Å². The van der Waals surface area contributed by atoms with Gasteiger partial charge in [0.25, 0.3) is 0 Å². The van der Waals surface area contributed by atoms with Crippen molar-refractivity contribution in [2.75, 3.05) is 0 Å². The zero-order valence-corrected chi connectivity index (χ0v) is 23.0. The molecule has 0 amide bonds. The van der Waals surface area contributed by atoms with Crippen LogP contribution in [-0.2, 0) is 0 Å². The Kier molecular flexibility index (Phi) is 5.29. The number of benzene rings is 4. The van der Waals surface area contributed by atoms with E-state index in [1.54, 1.807) is 12.1 Å². The number of ether oxygens (including phenoxy) is 1. The molecule has 202 valence electrons. The first-order chi connectivity index (χ1) is 21.7. The van der Waals surface area contributed by atoms with Crippen LogP contribution in [0.25, 0.3) is 44.4 Å². The number of pyridine rings is 1. The molecule has 0 aliphatic heterocycles. The average Bonchev–Trinajstić information content (AvgIpc) is 3.63. The molecular weight excluding hydrogens is 518 g/mol. The van der Waals surface area contributed by atoms with Gasteiger partial charge in [0, 0.05) is 45.0 Å². The first-order valence-corrected chi connectivity index (χ1v) is 13.5. The molecule has 0 N–H and O–H groups in total. The summed E-state index contributed by atoms with van der Waals surface area (Å²) in [6, 6.07) is 30.5. The lowest BCUT2D eigenvalue weighted by Gasteiger charge is -2.10. The molecule has 0 bridgehead atoms. The lowest BCUT2D eigenvalue weighted by molar-refractivity contribution is 0.483. The SMILES string of the molecule is [2H]C([2H])([2H])c1ccnc(-n2c3ccc(C#N)cc3c3ccc(Oc4cccc(-n5cc(-c6c(C)cccc6C)cn5)c4)cc32)c1. The number of aryl methyl sites for hydroxylation is 3. The maximum atomic E-state index is 9.56. The van der Waals surface area contributed by atoms with Crippen molar-refractivity contribution in [2.24, 2.45) is 0 Å². The Hall–Kier alpha value is -5.67. The molecule has 0 unspecified atom stereocenters. The van der Waals surface area contributed by atoms with Crippen LogP contribution in [0.1, 0.15) is 26.4 Å². The van der Waals surface area contributed by atoms with Gasteiger partial charge in [-0.2, -0.15) is 10.4 Å². The Balaban J connectivity index is 1.29. The van der Waals surface area contributed by atoms with Crippen molar-refractivity contribution in [2.45, 2.75) is 20.7 Å². The van der Waals surface area contributed by atoms with Crippen molar-refractivity contribution in [3.05, 3.63) is 132 Å². The number of hydrogen-bond donors (Lipinski definition) is 0. The summed E-state index contributed by atoms with van der Waals surface area (Å²) in [6.07, 6.45) is 5.41. The van der Waals surface area contributed by atoms with Crippen LogP contribution in [0.4, 0.5) is 0 Å². The van der Waals surface area contributed by atoms with Crippen LogP contribution >= 0.6 is 0 Å². The molecular formula is C36H27N5O. The van der Waals surface area contributed by atoms with Gasteiger partial charge in [-0.1, -0.05) is 24.3 Å². The minimum atomic E-state index is -2.28. The van der Waals surface area contributed by atoms with Gasteiger partial charge >= 0.3 is 0 Å². The molecule has 0 radical (unpaired) electrons. The van der Waals surface area contributed by atoms with E-state index in [2.05, 4.69) is 48.2 Å². The molecule has 3 heterocycles.